The number of nitrogens with zero attached hydrogens (tertiary/aromatic N) is 2. The van der Waals surface area contributed by atoms with Crippen molar-refractivity contribution in [3.05, 3.63) is 34.1 Å². The maximum Gasteiger partial charge on any atom is 0.132 e. The van der Waals surface area contributed by atoms with Crippen molar-refractivity contribution in [1.29, 1.82) is 0 Å². The summed E-state index contributed by atoms with van der Waals surface area (Å²) in [5, 5.41) is 0. The molecule has 1 aliphatic carbocycles. The van der Waals surface area contributed by atoms with Gasteiger partial charge in [0.05, 0.1) is 0 Å². The molecule has 1 heterocycles. The van der Waals surface area contributed by atoms with Gasteiger partial charge in [-0.05, 0) is 31.4 Å². The maximum atomic E-state index is 6.46. The molecule has 21 heavy (non-hydrogen) atoms. The van der Waals surface area contributed by atoms with E-state index in [0.29, 0.717) is 6.04 Å². The van der Waals surface area contributed by atoms with Crippen LogP contribution in [0.3, 0.4) is 0 Å². The van der Waals surface area contributed by atoms with Crippen LogP contribution in [0, 0.1) is 6.92 Å². The van der Waals surface area contributed by atoms with Crippen LogP contribution in [0.1, 0.15) is 51.0 Å². The Morgan fingerprint density at radius 1 is 1.29 bits per heavy atom. The Morgan fingerprint density at radius 2 is 1.95 bits per heavy atom. The first-order valence-electron chi connectivity index (χ1n) is 7.43. The average Bonchev–Trinajstić information content (AvgIpc) is 3.13. The quantitative estimate of drug-likeness (QED) is 0.844. The molecule has 1 aromatic carbocycles. The van der Waals surface area contributed by atoms with Gasteiger partial charge in [0, 0.05) is 21.5 Å². The van der Waals surface area contributed by atoms with Crippen LogP contribution in [0.25, 0.3) is 11.3 Å². The van der Waals surface area contributed by atoms with Gasteiger partial charge in [-0.2, -0.15) is 0 Å². The average molecular weight is 348 g/mol. The molecule has 0 spiro atoms. The molecule has 1 aliphatic rings. The van der Waals surface area contributed by atoms with Crippen molar-refractivity contribution in [2.45, 2.75) is 52.0 Å². The third kappa shape index (κ3) is 2.61. The highest BCUT2D eigenvalue weighted by molar-refractivity contribution is 9.10. The number of hydrogen-bond acceptors (Lipinski definition) is 2. The zero-order valence-electron chi connectivity index (χ0n) is 13.1. The van der Waals surface area contributed by atoms with Crippen LogP contribution in [0.5, 0.6) is 0 Å². The molecule has 0 saturated heterocycles. The Morgan fingerprint density at radius 3 is 2.48 bits per heavy atom. The topological polar surface area (TPSA) is 43.8 Å². The zero-order chi connectivity index (χ0) is 15.4. The van der Waals surface area contributed by atoms with Crippen LogP contribution in [0.15, 0.2) is 22.7 Å². The van der Waals surface area contributed by atoms with Crippen molar-refractivity contribution >= 4 is 21.7 Å². The second kappa shape index (κ2) is 4.87. The first-order valence-corrected chi connectivity index (χ1v) is 8.23. The fourth-order valence-electron chi connectivity index (χ4n) is 2.69. The van der Waals surface area contributed by atoms with Gasteiger partial charge < -0.3 is 10.3 Å². The Balaban J connectivity index is 2.20. The molecule has 2 N–H and O–H groups in total. The number of nitrogen functional groups attached to an aromatic ring is 1. The van der Waals surface area contributed by atoms with Gasteiger partial charge in [-0.25, -0.2) is 4.98 Å². The largest absolute Gasteiger partial charge is 0.383 e. The van der Waals surface area contributed by atoms with Crippen molar-refractivity contribution in [3.8, 4) is 11.3 Å². The maximum absolute atomic E-state index is 6.46. The van der Waals surface area contributed by atoms with E-state index >= 15 is 0 Å². The predicted octanol–water partition coefficient (Wildman–Crippen LogP) is 4.84. The summed E-state index contributed by atoms with van der Waals surface area (Å²) in [4.78, 5) is 4.91. The second-order valence-corrected chi connectivity index (χ2v) is 7.86. The smallest absolute Gasteiger partial charge is 0.132 e. The van der Waals surface area contributed by atoms with Crippen molar-refractivity contribution in [1.82, 2.24) is 9.55 Å². The number of aromatic nitrogens is 2. The van der Waals surface area contributed by atoms with Crippen molar-refractivity contribution in [2.24, 2.45) is 0 Å². The summed E-state index contributed by atoms with van der Waals surface area (Å²) in [6.45, 7) is 8.67. The monoisotopic (exact) mass is 347 g/mol. The van der Waals surface area contributed by atoms with E-state index < -0.39 is 0 Å². The number of nitrogens with two attached hydrogens (primary N) is 1. The third-order valence-corrected chi connectivity index (χ3v) is 4.57. The van der Waals surface area contributed by atoms with Crippen LogP contribution in [-0.4, -0.2) is 9.55 Å². The standard InChI is InChI=1S/C17H22BrN3/c1-10-5-8-12(13(18)9-10)14-15(19)21(11-6-7-11)16(20-14)17(2,3)4/h5,8-9,11H,6-7,19H2,1-4H3. The van der Waals surface area contributed by atoms with Crippen LogP contribution >= 0.6 is 15.9 Å². The van der Waals surface area contributed by atoms with Crippen LogP contribution in [0.4, 0.5) is 5.82 Å². The summed E-state index contributed by atoms with van der Waals surface area (Å²) in [5.41, 5.74) is 9.65. The lowest BCUT2D eigenvalue weighted by Gasteiger charge is -2.20. The molecule has 1 fully saturated rings. The van der Waals surface area contributed by atoms with Gasteiger partial charge in [-0.3, -0.25) is 0 Å². The molecule has 0 radical (unpaired) electrons. The fraction of sp³-hybridized carbons (Fsp3) is 0.471. The molecule has 1 saturated carbocycles. The SMILES string of the molecule is Cc1ccc(-c2nc(C(C)(C)C)n(C3CC3)c2N)c(Br)c1. The van der Waals surface area contributed by atoms with Gasteiger partial charge in [0.25, 0.3) is 0 Å². The van der Waals surface area contributed by atoms with E-state index in [9.17, 15) is 0 Å². The number of imidazole rings is 1. The van der Waals surface area contributed by atoms with Gasteiger partial charge in [-0.15, -0.1) is 0 Å². The van der Waals surface area contributed by atoms with E-state index in [-0.39, 0.29) is 5.41 Å². The molecule has 1 aromatic heterocycles. The molecule has 3 nitrogen and oxygen atoms in total. The Kier molecular flexibility index (Phi) is 3.40. The highest BCUT2D eigenvalue weighted by Gasteiger charge is 2.34. The van der Waals surface area contributed by atoms with E-state index in [1.165, 1.54) is 18.4 Å². The third-order valence-electron chi connectivity index (χ3n) is 3.91. The molecule has 0 aliphatic heterocycles. The van der Waals surface area contributed by atoms with Crippen LogP contribution < -0.4 is 5.73 Å². The lowest BCUT2D eigenvalue weighted by molar-refractivity contribution is 0.504. The van der Waals surface area contributed by atoms with Crippen molar-refractivity contribution in [2.75, 3.05) is 5.73 Å². The first-order chi connectivity index (χ1) is 9.79. The summed E-state index contributed by atoms with van der Waals surface area (Å²) in [6, 6.07) is 6.85. The van der Waals surface area contributed by atoms with E-state index in [1.54, 1.807) is 0 Å². The second-order valence-electron chi connectivity index (χ2n) is 7.00. The molecule has 3 rings (SSSR count). The summed E-state index contributed by atoms with van der Waals surface area (Å²) in [5.74, 6) is 1.89. The van der Waals surface area contributed by atoms with Gasteiger partial charge in [0.15, 0.2) is 0 Å². The fourth-order valence-corrected chi connectivity index (χ4v) is 3.37. The first kappa shape index (κ1) is 14.6. The van der Waals surface area contributed by atoms with E-state index in [1.807, 2.05) is 0 Å². The highest BCUT2D eigenvalue weighted by atomic mass is 79.9. The minimum absolute atomic E-state index is 0.00780. The molecule has 112 valence electrons. The molecule has 0 bridgehead atoms. The lowest BCUT2D eigenvalue weighted by Crippen LogP contribution is -2.19. The minimum atomic E-state index is -0.00780. The lowest BCUT2D eigenvalue weighted by atomic mass is 9.95. The van der Waals surface area contributed by atoms with E-state index in [2.05, 4.69) is 66.4 Å². The number of benzene rings is 1. The van der Waals surface area contributed by atoms with Gasteiger partial charge in [0.1, 0.15) is 17.3 Å². The Labute approximate surface area is 134 Å². The normalized spacial score (nSPS) is 15.5. The molecule has 0 amide bonds. The summed E-state index contributed by atoms with van der Waals surface area (Å²) >= 11 is 3.65. The van der Waals surface area contributed by atoms with Crippen LogP contribution in [0.2, 0.25) is 0 Å². The van der Waals surface area contributed by atoms with Gasteiger partial charge in [0.2, 0.25) is 0 Å². The molecule has 0 atom stereocenters. The summed E-state index contributed by atoms with van der Waals surface area (Å²) < 4.78 is 3.30. The summed E-state index contributed by atoms with van der Waals surface area (Å²) in [6.07, 6.45) is 2.41. The van der Waals surface area contributed by atoms with E-state index in [4.69, 9.17) is 10.7 Å². The molecule has 0 unspecified atom stereocenters. The number of anilines is 1. The number of halogens is 1. The number of aryl methyl sites for hydroxylation is 1. The Hall–Kier alpha value is -1.29. The Bertz CT molecular complexity index is 691. The molecular formula is C17H22BrN3. The van der Waals surface area contributed by atoms with Gasteiger partial charge in [-0.1, -0.05) is 48.8 Å². The zero-order valence-corrected chi connectivity index (χ0v) is 14.7. The van der Waals surface area contributed by atoms with Crippen molar-refractivity contribution < 1.29 is 0 Å². The molecular weight excluding hydrogens is 326 g/mol. The molecule has 2 aromatic rings. The highest BCUT2D eigenvalue weighted by Crippen LogP contribution is 2.44. The number of hydrogen-bond donors (Lipinski definition) is 1. The van der Waals surface area contributed by atoms with Crippen molar-refractivity contribution in [3.63, 3.8) is 0 Å². The van der Waals surface area contributed by atoms with Crippen LogP contribution in [-0.2, 0) is 5.41 Å². The molecule has 4 heteroatoms. The minimum Gasteiger partial charge on any atom is -0.383 e. The summed E-state index contributed by atoms with van der Waals surface area (Å²) in [7, 11) is 0. The van der Waals surface area contributed by atoms with E-state index in [0.717, 1.165) is 27.4 Å². The predicted molar refractivity (Wildman–Crippen MR) is 91.5 cm³/mol. The van der Waals surface area contributed by atoms with Gasteiger partial charge >= 0.3 is 0 Å². The number of rotatable bonds is 2.